The molecule has 5 fully saturated rings. The van der Waals surface area contributed by atoms with E-state index in [1.54, 1.807) is 0 Å². The number of alkyl halides is 12. The van der Waals surface area contributed by atoms with Crippen molar-refractivity contribution in [2.24, 2.45) is 0 Å². The molecule has 0 N–H and O–H groups in total. The van der Waals surface area contributed by atoms with Gasteiger partial charge < -0.3 is 13.0 Å². The van der Waals surface area contributed by atoms with Gasteiger partial charge in [0.1, 0.15) is 0 Å². The first-order valence-corrected chi connectivity index (χ1v) is 36.4. The molecule has 3 aromatic rings. The van der Waals surface area contributed by atoms with Gasteiger partial charge in [-0.1, -0.05) is 43.9 Å². The van der Waals surface area contributed by atoms with E-state index in [-0.39, 0.29) is 39.9 Å². The summed E-state index contributed by atoms with van der Waals surface area (Å²) in [5, 5.41) is 0. The third kappa shape index (κ3) is 24.5. The normalized spacial score (nSPS) is 18.7. The topological polar surface area (TPSA) is 216 Å². The minimum atomic E-state index is -6.72. The number of halogens is 12. The summed E-state index contributed by atoms with van der Waals surface area (Å²) < 4.78 is 223. The molecule has 15 nitrogen and oxygen atoms in total. The monoisotopic (exact) mass is 1490 g/mol. The van der Waals surface area contributed by atoms with Gasteiger partial charge in [-0.15, -0.1) is 0 Å². The Balaban J connectivity index is 0.000000418. The van der Waals surface area contributed by atoms with E-state index in [4.69, 9.17) is 19.7 Å². The van der Waals surface area contributed by atoms with Gasteiger partial charge in [-0.25, -0.2) is 43.6 Å². The number of hydrogen-bond acceptors (Lipinski definition) is 13. The second-order valence-electron chi connectivity index (χ2n) is 20.9. The van der Waals surface area contributed by atoms with Gasteiger partial charge in [-0.2, -0.15) is 52.7 Å². The Morgan fingerprint density at radius 1 is 0.424 bits per heavy atom. The zero-order chi connectivity index (χ0) is 61.3. The minimum Gasteiger partial charge on any atom is -0.421 e. The van der Waals surface area contributed by atoms with Gasteiger partial charge in [-0.05, 0) is 152 Å². The molecule has 35 heteroatoms. The molecule has 85 heavy (non-hydrogen) atoms. The van der Waals surface area contributed by atoms with Crippen LogP contribution >= 0.6 is 15.8 Å². The van der Waals surface area contributed by atoms with Crippen molar-refractivity contribution < 1.29 is 131 Å². The van der Waals surface area contributed by atoms with Gasteiger partial charge in [0.05, 0.1) is 55.6 Å². The van der Waals surface area contributed by atoms with Crippen LogP contribution in [0.2, 0.25) is 0 Å². The molecule has 0 unspecified atom stereocenters. The van der Waals surface area contributed by atoms with E-state index in [1.165, 1.54) is 164 Å². The van der Waals surface area contributed by atoms with Crippen molar-refractivity contribution in [3.05, 3.63) is 86.1 Å². The zero-order valence-corrected chi connectivity index (χ0v) is 56.0. The molecule has 0 atom stereocenters. The summed E-state index contributed by atoms with van der Waals surface area (Å²) in [6.07, 6.45) is 33.2. The number of sulfonamides is 4. The second kappa shape index (κ2) is 34.7. The summed E-state index contributed by atoms with van der Waals surface area (Å²) in [6, 6.07) is 20.5. The molecule has 4 aliphatic carbocycles. The maximum atomic E-state index is 11.4. The van der Waals surface area contributed by atoms with Gasteiger partial charge in [0, 0.05) is 59.5 Å². The van der Waals surface area contributed by atoms with Crippen LogP contribution < -0.4 is 10.9 Å². The standard InChI is InChI=1S/C42H60N4P2.C4H8O.2C2F6NO4S2.Pd.Zn/c1-5-20-37(21-6-1)47(38-22-7-2-8-23-38)41-28-15-18-35(44-41)32-46(31-34-17-13-14-30-43-34)33-36-19-16-29-42(45-36)48(39-24-9-3-10-25-39)40-26-11-4-12-27-40;1-2-4-5-3-1;2*3-1(4,5)14(10,11)9-15(12,13)2(6,7)8;;/h13-19,28-30,37-40H,1-12,20-27,31-33H2;1-4H2;;;;/q;;2*-1;;+2/p+2. The number of pyridine rings is 3. The molecule has 0 bridgehead atoms. The van der Waals surface area contributed by atoms with Gasteiger partial charge >= 0.3 is 41.5 Å². The first-order chi connectivity index (χ1) is 38.7. The van der Waals surface area contributed by atoms with Gasteiger partial charge in [0.15, 0.2) is 51.0 Å². The Labute approximate surface area is 519 Å². The summed E-state index contributed by atoms with van der Waals surface area (Å²) in [4.78, 5) is 18.5. The predicted octanol–water partition coefficient (Wildman–Crippen LogP) is 13.0. The van der Waals surface area contributed by atoms with E-state index in [2.05, 4.69) is 53.4 Å². The van der Waals surface area contributed by atoms with Crippen molar-refractivity contribution in [3.63, 3.8) is 0 Å². The maximum Gasteiger partial charge on any atom is 2.00 e. The summed E-state index contributed by atoms with van der Waals surface area (Å²) in [6.45, 7) is 4.53. The fourth-order valence-corrected chi connectivity index (χ4v) is 22.6. The van der Waals surface area contributed by atoms with E-state index in [9.17, 15) is 86.4 Å². The van der Waals surface area contributed by atoms with Gasteiger partial charge in [-0.3, -0.25) is 9.88 Å². The molecule has 8 rings (SSSR count). The van der Waals surface area contributed by atoms with Crippen molar-refractivity contribution in [1.29, 1.82) is 0 Å². The number of hydrogen-bond donors (Lipinski definition) is 0. The van der Waals surface area contributed by atoms with Crippen molar-refractivity contribution in [2.75, 3.05) is 13.2 Å². The molecule has 4 heterocycles. The molecule has 5 aliphatic rings. The van der Waals surface area contributed by atoms with Gasteiger partial charge in [0.2, 0.25) is 0 Å². The Morgan fingerprint density at radius 3 is 0.953 bits per heavy atom. The van der Waals surface area contributed by atoms with E-state index >= 15 is 0 Å². The smallest absolute Gasteiger partial charge is 0.421 e. The summed E-state index contributed by atoms with van der Waals surface area (Å²) in [5.41, 5.74) is -14.6. The maximum absolute atomic E-state index is 11.4. The van der Waals surface area contributed by atoms with Crippen LogP contribution in [-0.2, 0) is 104 Å². The van der Waals surface area contributed by atoms with Crippen LogP contribution in [0.4, 0.5) is 52.7 Å². The first kappa shape index (κ1) is 77.6. The van der Waals surface area contributed by atoms with E-state index in [0.29, 0.717) is 0 Å². The molecule has 0 radical (unpaired) electrons. The van der Waals surface area contributed by atoms with Crippen LogP contribution in [0, 0.1) is 0 Å². The fraction of sp³-hybridized carbons (Fsp3) is 0.700. The number of nitrogens with zero attached hydrogens (tertiary/aromatic N) is 6. The largest absolute Gasteiger partial charge is 2.00 e. The van der Waals surface area contributed by atoms with Crippen molar-refractivity contribution in [3.8, 4) is 0 Å². The van der Waals surface area contributed by atoms with Crippen LogP contribution in [0.3, 0.4) is 0 Å². The van der Waals surface area contributed by atoms with Crippen LogP contribution in [0.1, 0.15) is 158 Å². The summed E-state index contributed by atoms with van der Waals surface area (Å²) >= 11 is 0. The van der Waals surface area contributed by atoms with Crippen LogP contribution in [0.5, 0.6) is 0 Å². The molecule has 1 saturated heterocycles. The average Bonchev–Trinajstić information content (AvgIpc) is 4.16. The second-order valence-corrected chi connectivity index (χ2v) is 33.9. The molecule has 0 spiro atoms. The third-order valence-electron chi connectivity index (χ3n) is 14.7. The van der Waals surface area contributed by atoms with Crippen LogP contribution in [0.25, 0.3) is 8.25 Å². The van der Waals surface area contributed by atoms with E-state index in [0.717, 1.165) is 69.4 Å². The quantitative estimate of drug-likeness (QED) is 0.0742. The Kier molecular flexibility index (Phi) is 31.7. The molecule has 3 aromatic heterocycles. The number of rotatable bonds is 16. The Hall–Kier alpha value is -1.60. The molecule has 482 valence electrons. The minimum absolute atomic E-state index is 0. The summed E-state index contributed by atoms with van der Waals surface area (Å²) in [5.74, 6) is 0. The van der Waals surface area contributed by atoms with Crippen molar-refractivity contribution in [2.45, 2.75) is 206 Å². The molecule has 0 amide bonds. The van der Waals surface area contributed by atoms with Crippen molar-refractivity contribution in [1.82, 2.24) is 19.9 Å². The molecule has 1 aliphatic heterocycles. The van der Waals surface area contributed by atoms with E-state index < -0.39 is 78.0 Å². The summed E-state index contributed by atoms with van der Waals surface area (Å²) in [7, 11) is -28.3. The van der Waals surface area contributed by atoms with Gasteiger partial charge in [0.25, 0.3) is 0 Å². The van der Waals surface area contributed by atoms with Crippen molar-refractivity contribution >= 4 is 66.8 Å². The average molecular weight is 1490 g/mol. The predicted molar refractivity (Wildman–Crippen MR) is 296 cm³/mol. The first-order valence-electron chi connectivity index (χ1n) is 27.3. The molecule has 4 saturated carbocycles. The Bertz CT molecular complexity index is 2640. The molecular formula is C50H70F12N6O9P2PdS4Zn+2. The molecular weight excluding hydrogens is 1420 g/mol. The Morgan fingerprint density at radius 2 is 0.706 bits per heavy atom. The SMILES string of the molecule is C1CCOC1.O=S(=O)([N-]S(=O)(=O)C(F)(F)F)C(F)(F)F.O=S(=O)([N-]S(=O)(=O)C(F)(F)F)C(F)(F)F.[Pd].[Zn+2].c1ccc(CN(Cc2cccc([PH+](C3CCCCC3)C3CCCCC3)n2)Cc2cccc([PH+](C3CCCCC3)C3CCCCC3)n2)nc1. The van der Waals surface area contributed by atoms with E-state index in [1.807, 2.05) is 12.3 Å². The fourth-order valence-electron chi connectivity index (χ4n) is 10.9. The van der Waals surface area contributed by atoms with Crippen LogP contribution in [0.15, 0.2) is 60.8 Å². The number of ether oxygens (including phenoxy) is 1. The molecule has 0 aromatic carbocycles. The zero-order valence-electron chi connectivity index (χ0n) is 46.2. The van der Waals surface area contributed by atoms with Crippen LogP contribution in [-0.4, -0.2) is 111 Å². The number of aromatic nitrogens is 3. The third-order valence-corrected chi connectivity index (χ3v) is 27.7.